The Morgan fingerprint density at radius 1 is 1.07 bits per heavy atom. The second-order valence-corrected chi connectivity index (χ2v) is 7.70. The van der Waals surface area contributed by atoms with Crippen LogP contribution in [0.1, 0.15) is 38.5 Å². The number of rotatable bonds is 7. The van der Waals surface area contributed by atoms with E-state index in [1.165, 1.54) is 0 Å². The van der Waals surface area contributed by atoms with Crippen molar-refractivity contribution < 1.29 is 9.47 Å². The lowest BCUT2D eigenvalue weighted by Gasteiger charge is -2.19. The molecule has 0 fully saturated rings. The third kappa shape index (κ3) is 4.45. The van der Waals surface area contributed by atoms with Gasteiger partial charge in [-0.05, 0) is 43.7 Å². The van der Waals surface area contributed by atoms with Gasteiger partial charge in [0.05, 0.1) is 6.61 Å². The SMILES string of the molecule is CCCCSc1nnc2c(n1)O[C@@H](c1ccc(OCC)cc1)Nc1ccccc1-2. The van der Waals surface area contributed by atoms with Gasteiger partial charge in [-0.3, -0.25) is 0 Å². The number of hydrogen-bond donors (Lipinski definition) is 1. The van der Waals surface area contributed by atoms with Gasteiger partial charge < -0.3 is 14.8 Å². The maximum atomic E-state index is 6.29. The lowest BCUT2D eigenvalue weighted by molar-refractivity contribution is 0.225. The maximum Gasteiger partial charge on any atom is 0.247 e. The van der Waals surface area contributed by atoms with Gasteiger partial charge in [0.2, 0.25) is 11.0 Å². The zero-order valence-electron chi connectivity index (χ0n) is 16.6. The molecule has 1 atom stereocenters. The molecule has 1 N–H and O–H groups in total. The number of para-hydroxylation sites is 1. The smallest absolute Gasteiger partial charge is 0.247 e. The molecule has 0 saturated heterocycles. The minimum atomic E-state index is -0.390. The highest BCUT2D eigenvalue weighted by Gasteiger charge is 2.26. The Bertz CT molecular complexity index is 965. The number of aromatic nitrogens is 3. The molecule has 29 heavy (non-hydrogen) atoms. The molecule has 1 aliphatic heterocycles. The molecule has 2 heterocycles. The largest absolute Gasteiger partial charge is 0.494 e. The zero-order valence-corrected chi connectivity index (χ0v) is 17.4. The fourth-order valence-electron chi connectivity index (χ4n) is 3.07. The van der Waals surface area contributed by atoms with Crippen LogP contribution in [0.5, 0.6) is 11.6 Å². The van der Waals surface area contributed by atoms with Gasteiger partial charge in [0.25, 0.3) is 0 Å². The van der Waals surface area contributed by atoms with Crippen molar-refractivity contribution in [3.05, 3.63) is 54.1 Å². The molecule has 0 unspecified atom stereocenters. The first kappa shape index (κ1) is 19.5. The number of nitrogens with one attached hydrogen (secondary N) is 1. The van der Waals surface area contributed by atoms with Crippen LogP contribution in [0.2, 0.25) is 0 Å². The fraction of sp³-hybridized carbons (Fsp3) is 0.318. The summed E-state index contributed by atoms with van der Waals surface area (Å²) < 4.78 is 11.8. The Kier molecular flexibility index (Phi) is 6.14. The van der Waals surface area contributed by atoms with Gasteiger partial charge in [-0.15, -0.1) is 10.2 Å². The van der Waals surface area contributed by atoms with Gasteiger partial charge in [-0.1, -0.05) is 43.3 Å². The fourth-order valence-corrected chi connectivity index (χ4v) is 3.93. The van der Waals surface area contributed by atoms with Gasteiger partial charge in [-0.2, -0.15) is 4.98 Å². The van der Waals surface area contributed by atoms with Gasteiger partial charge in [0.15, 0.2) is 11.9 Å². The first-order valence-corrected chi connectivity index (χ1v) is 10.9. The predicted molar refractivity (Wildman–Crippen MR) is 115 cm³/mol. The molecule has 0 aliphatic carbocycles. The molecule has 6 nitrogen and oxygen atoms in total. The Morgan fingerprint density at radius 3 is 2.69 bits per heavy atom. The summed E-state index contributed by atoms with van der Waals surface area (Å²) in [5.74, 6) is 2.30. The zero-order chi connectivity index (χ0) is 20.1. The summed E-state index contributed by atoms with van der Waals surface area (Å²) in [4.78, 5) is 4.67. The van der Waals surface area contributed by atoms with Crippen LogP contribution in [0.25, 0.3) is 11.3 Å². The van der Waals surface area contributed by atoms with E-state index < -0.39 is 6.23 Å². The topological polar surface area (TPSA) is 69.2 Å². The monoisotopic (exact) mass is 408 g/mol. The molecule has 0 saturated carbocycles. The van der Waals surface area contributed by atoms with Gasteiger partial charge in [-0.25, -0.2) is 0 Å². The third-order valence-corrected chi connectivity index (χ3v) is 5.48. The van der Waals surface area contributed by atoms with Crippen molar-refractivity contribution in [3.63, 3.8) is 0 Å². The minimum absolute atomic E-state index is 0.390. The molecule has 150 valence electrons. The van der Waals surface area contributed by atoms with Crippen LogP contribution >= 0.6 is 11.8 Å². The summed E-state index contributed by atoms with van der Waals surface area (Å²) in [5, 5.41) is 12.9. The summed E-state index contributed by atoms with van der Waals surface area (Å²) in [7, 11) is 0. The summed E-state index contributed by atoms with van der Waals surface area (Å²) in [6.07, 6.45) is 1.86. The number of fused-ring (bicyclic) bond motifs is 3. The average molecular weight is 409 g/mol. The molecule has 7 heteroatoms. The van der Waals surface area contributed by atoms with Crippen molar-refractivity contribution in [2.24, 2.45) is 0 Å². The van der Waals surface area contributed by atoms with Crippen LogP contribution in [-0.4, -0.2) is 27.5 Å². The lowest BCUT2D eigenvalue weighted by Crippen LogP contribution is -2.17. The number of hydrogen-bond acceptors (Lipinski definition) is 7. The highest BCUT2D eigenvalue weighted by molar-refractivity contribution is 7.99. The van der Waals surface area contributed by atoms with Crippen LogP contribution in [0, 0.1) is 0 Å². The number of thioether (sulfide) groups is 1. The Labute approximate surface area is 175 Å². The molecule has 0 amide bonds. The molecule has 0 spiro atoms. The van der Waals surface area contributed by atoms with Crippen molar-refractivity contribution in [1.29, 1.82) is 0 Å². The molecule has 2 aromatic carbocycles. The minimum Gasteiger partial charge on any atom is -0.494 e. The van der Waals surface area contributed by atoms with Gasteiger partial charge >= 0.3 is 0 Å². The average Bonchev–Trinajstić information content (AvgIpc) is 2.91. The molecule has 1 aromatic heterocycles. The summed E-state index contributed by atoms with van der Waals surface area (Å²) in [6.45, 7) is 4.78. The van der Waals surface area contributed by atoms with Crippen LogP contribution in [0.15, 0.2) is 53.7 Å². The number of ether oxygens (including phenoxy) is 2. The predicted octanol–water partition coefficient (Wildman–Crippen LogP) is 5.33. The van der Waals surface area contributed by atoms with E-state index in [-0.39, 0.29) is 0 Å². The van der Waals surface area contributed by atoms with E-state index in [9.17, 15) is 0 Å². The summed E-state index contributed by atoms with van der Waals surface area (Å²) >= 11 is 1.61. The first-order chi connectivity index (χ1) is 14.3. The standard InChI is InChI=1S/C22H24N4O2S/c1-3-5-14-29-22-24-21-19(25-26-22)17-8-6-7-9-18(17)23-20(28-21)15-10-12-16(13-11-15)27-4-2/h6-13,20,23H,3-5,14H2,1-2H3/t20-/m0/s1. The van der Waals surface area contributed by atoms with E-state index in [4.69, 9.17) is 9.47 Å². The summed E-state index contributed by atoms with van der Waals surface area (Å²) in [5.41, 5.74) is 3.50. The third-order valence-electron chi connectivity index (χ3n) is 4.56. The van der Waals surface area contributed by atoms with Gasteiger partial charge in [0, 0.05) is 22.6 Å². The van der Waals surface area contributed by atoms with Crippen LogP contribution < -0.4 is 14.8 Å². The second kappa shape index (κ2) is 9.13. The normalized spacial score (nSPS) is 14.8. The lowest BCUT2D eigenvalue weighted by atomic mass is 10.1. The van der Waals surface area contributed by atoms with Gasteiger partial charge in [0.1, 0.15) is 5.75 Å². The Balaban J connectivity index is 1.68. The first-order valence-electron chi connectivity index (χ1n) is 9.91. The van der Waals surface area contributed by atoms with Crippen LogP contribution in [0.4, 0.5) is 5.69 Å². The van der Waals surface area contributed by atoms with Crippen molar-refractivity contribution in [3.8, 4) is 22.9 Å². The van der Waals surface area contributed by atoms with E-state index in [2.05, 4.69) is 27.4 Å². The molecular formula is C22H24N4O2S. The summed E-state index contributed by atoms with van der Waals surface area (Å²) in [6, 6.07) is 15.9. The number of unbranched alkanes of at least 4 members (excludes halogenated alkanes) is 1. The van der Waals surface area contributed by atoms with Crippen LogP contribution in [0.3, 0.4) is 0 Å². The Morgan fingerprint density at radius 2 is 1.90 bits per heavy atom. The maximum absolute atomic E-state index is 6.29. The van der Waals surface area contributed by atoms with E-state index in [1.54, 1.807) is 11.8 Å². The van der Waals surface area contributed by atoms with Crippen molar-refractivity contribution in [2.75, 3.05) is 17.7 Å². The molecule has 4 rings (SSSR count). The molecular weight excluding hydrogens is 384 g/mol. The highest BCUT2D eigenvalue weighted by atomic mass is 32.2. The highest BCUT2D eigenvalue weighted by Crippen LogP contribution is 2.39. The van der Waals surface area contributed by atoms with E-state index in [1.807, 2.05) is 55.5 Å². The molecule has 0 bridgehead atoms. The van der Waals surface area contributed by atoms with Crippen LogP contribution in [-0.2, 0) is 0 Å². The van der Waals surface area contributed by atoms with E-state index in [0.717, 1.165) is 41.2 Å². The van der Waals surface area contributed by atoms with E-state index >= 15 is 0 Å². The van der Waals surface area contributed by atoms with Crippen molar-refractivity contribution in [2.45, 2.75) is 38.1 Å². The second-order valence-electron chi connectivity index (χ2n) is 6.64. The molecule has 3 aromatic rings. The quantitative estimate of drug-likeness (QED) is 0.418. The molecule has 0 radical (unpaired) electrons. The number of anilines is 1. The van der Waals surface area contributed by atoms with Crippen molar-refractivity contribution in [1.82, 2.24) is 15.2 Å². The Hall–Kier alpha value is -2.80. The van der Waals surface area contributed by atoms with Crippen molar-refractivity contribution >= 4 is 17.4 Å². The van der Waals surface area contributed by atoms with E-state index in [0.29, 0.717) is 23.3 Å². The number of benzene rings is 2. The number of nitrogens with zero attached hydrogens (tertiary/aromatic N) is 3. The molecule has 1 aliphatic rings.